The van der Waals surface area contributed by atoms with Crippen molar-refractivity contribution >= 4 is 70.7 Å². The number of benzene rings is 2. The van der Waals surface area contributed by atoms with E-state index in [9.17, 15) is 14.7 Å². The van der Waals surface area contributed by atoms with Crippen LogP contribution in [0.1, 0.15) is 50.2 Å². The molecule has 310 valence electrons. The van der Waals surface area contributed by atoms with Gasteiger partial charge in [-0.2, -0.15) is 10.2 Å². The van der Waals surface area contributed by atoms with Crippen LogP contribution in [0.25, 0.3) is 0 Å². The van der Waals surface area contributed by atoms with Crippen LogP contribution in [0.3, 0.4) is 0 Å². The fourth-order valence-electron chi connectivity index (χ4n) is 6.81. The fraction of sp³-hybridized carbons (Fsp3) is 0.463. The third-order valence-corrected chi connectivity index (χ3v) is 10.0. The number of hydrogen-bond acceptors (Lipinski definition) is 8. The van der Waals surface area contributed by atoms with E-state index in [0.29, 0.717) is 89.1 Å². The van der Waals surface area contributed by atoms with Crippen molar-refractivity contribution < 1.29 is 19.4 Å². The van der Waals surface area contributed by atoms with E-state index < -0.39 is 0 Å². The summed E-state index contributed by atoms with van der Waals surface area (Å²) in [5, 5.41) is 20.9. The van der Waals surface area contributed by atoms with Gasteiger partial charge in [0.25, 0.3) is 0 Å². The van der Waals surface area contributed by atoms with Crippen molar-refractivity contribution in [3.8, 4) is 11.5 Å². The van der Waals surface area contributed by atoms with Gasteiger partial charge < -0.3 is 9.84 Å². The quantitative estimate of drug-likeness (QED) is 0.146. The molecule has 12 nitrogen and oxygen atoms in total. The minimum absolute atomic E-state index is 0. The zero-order valence-electron chi connectivity index (χ0n) is 33.6. The number of nitrogens with zero attached hydrogens (tertiary/aromatic N) is 8. The van der Waals surface area contributed by atoms with Gasteiger partial charge >= 0.3 is 0 Å². The number of aromatic hydroxyl groups is 1. The second kappa shape index (κ2) is 20.8. The van der Waals surface area contributed by atoms with Crippen LogP contribution in [0.5, 0.6) is 11.5 Å². The molecule has 1 N–H and O–H groups in total. The molecule has 2 fully saturated rings. The smallest absolute Gasteiger partial charge is 0.242 e. The van der Waals surface area contributed by atoms with Crippen LogP contribution in [-0.2, 0) is 22.7 Å². The number of piperazine rings is 2. The summed E-state index contributed by atoms with van der Waals surface area (Å²) in [6, 6.07) is 14.3. The number of carbonyl (C=O) groups excluding carboxylic acids is 2. The summed E-state index contributed by atoms with van der Waals surface area (Å²) in [7, 11) is 0. The number of anilines is 2. The molecule has 4 aromatic rings. The van der Waals surface area contributed by atoms with E-state index in [1.807, 2.05) is 42.8 Å². The highest BCUT2D eigenvalue weighted by Crippen LogP contribution is 2.27. The first-order valence-corrected chi connectivity index (χ1v) is 20.1. The molecule has 0 atom stereocenters. The summed E-state index contributed by atoms with van der Waals surface area (Å²) < 4.78 is 9.39. The van der Waals surface area contributed by atoms with Gasteiger partial charge in [-0.1, -0.05) is 69.1 Å². The number of phenols is 1. The van der Waals surface area contributed by atoms with E-state index in [0.717, 1.165) is 43.1 Å². The largest absolute Gasteiger partial charge is 0.508 e. The van der Waals surface area contributed by atoms with E-state index in [1.165, 1.54) is 0 Å². The van der Waals surface area contributed by atoms with Gasteiger partial charge in [-0.3, -0.25) is 38.6 Å². The molecule has 57 heavy (non-hydrogen) atoms. The topological polar surface area (TPSA) is 112 Å². The van der Waals surface area contributed by atoms with E-state index in [1.54, 1.807) is 38.7 Å². The second-order valence-corrected chi connectivity index (χ2v) is 16.7. The van der Waals surface area contributed by atoms with Crippen molar-refractivity contribution in [2.45, 2.75) is 54.6 Å². The SMILES string of the molecule is C=C(Cl)COc1ccc(Cl)cc1Cn1nc(N2CCN(CC(C)C)CC2=O)cc1C.Cc1cc(N2CCN(CC(C)C)CC2=O)nn1Cc1cc(Cl)ccc1O.Cl. The Kier molecular flexibility index (Phi) is 16.7. The first kappa shape index (κ1) is 45.9. The van der Waals surface area contributed by atoms with Crippen molar-refractivity contribution in [2.75, 3.05) is 68.8 Å². The monoisotopic (exact) mass is 862 g/mol. The summed E-state index contributed by atoms with van der Waals surface area (Å²) in [5.74, 6) is 3.45. The number of carbonyl (C=O) groups is 2. The van der Waals surface area contributed by atoms with Gasteiger partial charge in [-0.05, 0) is 62.1 Å². The van der Waals surface area contributed by atoms with Gasteiger partial charge in [0, 0.05) is 89.0 Å². The number of aromatic nitrogens is 4. The molecule has 2 aromatic carbocycles. The number of ether oxygens (including phenoxy) is 1. The third-order valence-electron chi connectivity index (χ3n) is 9.42. The molecular formula is C41H54Cl4N8O4. The highest BCUT2D eigenvalue weighted by Gasteiger charge is 2.29. The van der Waals surface area contributed by atoms with Crippen LogP contribution in [0.15, 0.2) is 60.1 Å². The zero-order valence-corrected chi connectivity index (χ0v) is 36.6. The lowest BCUT2D eigenvalue weighted by Crippen LogP contribution is -2.51. The number of hydrogen-bond donors (Lipinski definition) is 1. The molecule has 0 bridgehead atoms. The van der Waals surface area contributed by atoms with Gasteiger partial charge in [0.2, 0.25) is 11.8 Å². The van der Waals surface area contributed by atoms with Gasteiger partial charge in [0.05, 0.1) is 26.2 Å². The van der Waals surface area contributed by atoms with Crippen LogP contribution < -0.4 is 14.5 Å². The maximum Gasteiger partial charge on any atom is 0.242 e. The first-order valence-electron chi connectivity index (χ1n) is 18.9. The summed E-state index contributed by atoms with van der Waals surface area (Å²) in [4.78, 5) is 33.1. The zero-order chi connectivity index (χ0) is 40.7. The number of phenolic OH excluding ortho intramolecular Hbond substituents is 1. The predicted octanol–water partition coefficient (Wildman–Crippen LogP) is 7.65. The number of amides is 2. The first-order chi connectivity index (χ1) is 26.6. The molecule has 0 unspecified atom stereocenters. The molecule has 16 heteroatoms. The van der Waals surface area contributed by atoms with Gasteiger partial charge in [0.1, 0.15) is 18.1 Å². The van der Waals surface area contributed by atoms with Crippen molar-refractivity contribution in [1.82, 2.24) is 29.4 Å². The Bertz CT molecular complexity index is 2020. The number of aryl methyl sites for hydroxylation is 2. The van der Waals surface area contributed by atoms with Crippen LogP contribution in [-0.4, -0.2) is 105 Å². The van der Waals surface area contributed by atoms with Crippen molar-refractivity contribution in [3.05, 3.63) is 92.7 Å². The Balaban J connectivity index is 0.000000251. The summed E-state index contributed by atoms with van der Waals surface area (Å²) in [5.41, 5.74) is 3.46. The Morgan fingerprint density at radius 3 is 1.67 bits per heavy atom. The molecule has 2 aliphatic heterocycles. The molecule has 0 aliphatic carbocycles. The van der Waals surface area contributed by atoms with E-state index in [-0.39, 0.29) is 36.6 Å². The lowest BCUT2D eigenvalue weighted by molar-refractivity contribution is -0.122. The highest BCUT2D eigenvalue weighted by molar-refractivity contribution is 6.31. The highest BCUT2D eigenvalue weighted by atomic mass is 35.5. The Morgan fingerprint density at radius 2 is 1.21 bits per heavy atom. The van der Waals surface area contributed by atoms with E-state index in [4.69, 9.17) is 44.6 Å². The lowest BCUT2D eigenvalue weighted by Gasteiger charge is -2.33. The number of halogens is 4. The second-order valence-electron chi connectivity index (χ2n) is 15.3. The molecule has 2 aliphatic rings. The van der Waals surface area contributed by atoms with E-state index >= 15 is 0 Å². The van der Waals surface area contributed by atoms with Crippen LogP contribution >= 0.6 is 47.2 Å². The maximum atomic E-state index is 12.7. The van der Waals surface area contributed by atoms with Gasteiger partial charge in [-0.25, -0.2) is 0 Å². The average Bonchev–Trinajstić information content (AvgIpc) is 3.66. The molecule has 0 radical (unpaired) electrons. The summed E-state index contributed by atoms with van der Waals surface area (Å²) >= 11 is 18.0. The molecule has 2 amide bonds. The molecule has 0 saturated carbocycles. The standard InChI is InChI=1S/C22H28Cl2N4O2.C19H25ClN4O2.ClH/c1-15(2)11-26-7-8-27(22(29)13-26)21-9-17(4)28(25-21)12-18-10-19(24)5-6-20(18)30-14-16(3)23;1-13(2)10-22-6-7-23(19(26)12-22)18-8-14(3)24(21-18)11-15-9-16(20)4-5-17(15)25;/h5-6,9-10,15H,3,7-8,11-14H2,1-2,4H3;4-5,8-9,13,25H,6-7,10-12H2,1-3H3;1H. The fourth-order valence-corrected chi connectivity index (χ4v) is 7.26. The molecule has 6 rings (SSSR count). The lowest BCUT2D eigenvalue weighted by atomic mass is 10.2. The Morgan fingerprint density at radius 1 is 0.754 bits per heavy atom. The Hall–Kier alpha value is -3.78. The Labute approximate surface area is 357 Å². The van der Waals surface area contributed by atoms with Crippen molar-refractivity contribution in [3.63, 3.8) is 0 Å². The molecule has 0 spiro atoms. The number of rotatable bonds is 13. The van der Waals surface area contributed by atoms with Crippen molar-refractivity contribution in [1.29, 1.82) is 0 Å². The third kappa shape index (κ3) is 12.9. The van der Waals surface area contributed by atoms with Crippen molar-refractivity contribution in [2.24, 2.45) is 11.8 Å². The van der Waals surface area contributed by atoms with Gasteiger partial charge in [0.15, 0.2) is 11.6 Å². The average molecular weight is 865 g/mol. The van der Waals surface area contributed by atoms with Crippen LogP contribution in [0, 0.1) is 25.7 Å². The summed E-state index contributed by atoms with van der Waals surface area (Å²) in [6.45, 7) is 23.0. The normalized spacial score (nSPS) is 15.2. The van der Waals surface area contributed by atoms with Crippen LogP contribution in [0.4, 0.5) is 11.6 Å². The molecular weight excluding hydrogens is 810 g/mol. The summed E-state index contributed by atoms with van der Waals surface area (Å²) in [6.07, 6.45) is 0. The molecule has 2 saturated heterocycles. The van der Waals surface area contributed by atoms with Gasteiger partial charge in [-0.15, -0.1) is 12.4 Å². The minimum Gasteiger partial charge on any atom is -0.508 e. The maximum absolute atomic E-state index is 12.7. The van der Waals surface area contributed by atoms with Crippen LogP contribution in [0.2, 0.25) is 10.0 Å². The minimum atomic E-state index is 0. The molecule has 4 heterocycles. The van der Waals surface area contributed by atoms with E-state index in [2.05, 4.69) is 49.2 Å². The molecule has 2 aromatic heterocycles. The predicted molar refractivity (Wildman–Crippen MR) is 232 cm³/mol.